The van der Waals surface area contributed by atoms with Crippen molar-refractivity contribution >= 4 is 5.97 Å². The Bertz CT molecular complexity index is 1070. The molecule has 2 fully saturated rings. The highest BCUT2D eigenvalue weighted by atomic mass is 16.4. The first-order valence-corrected chi connectivity index (χ1v) is 9.95. The number of carbonyl (C=O) groups is 1. The molecule has 0 amide bonds. The zero-order valence-corrected chi connectivity index (χ0v) is 15.3. The molecule has 4 unspecified atom stereocenters. The Hall–Kier alpha value is -2.40. The number of piperidine rings is 1. The van der Waals surface area contributed by atoms with Crippen molar-refractivity contribution in [1.29, 1.82) is 0 Å². The van der Waals surface area contributed by atoms with E-state index < -0.39 is 5.97 Å². The van der Waals surface area contributed by atoms with E-state index in [2.05, 4.69) is 24.0 Å². The summed E-state index contributed by atoms with van der Waals surface area (Å²) < 4.78 is 1.76. The smallest absolute Gasteiger partial charge is 0.341 e. The topological polar surface area (TPSA) is 62.5 Å². The van der Waals surface area contributed by atoms with Crippen LogP contribution in [-0.2, 0) is 5.41 Å². The van der Waals surface area contributed by atoms with Crippen molar-refractivity contribution in [3.05, 3.63) is 63.1 Å². The second kappa shape index (κ2) is 4.90. The van der Waals surface area contributed by atoms with Gasteiger partial charge in [0.25, 0.3) is 5.56 Å². The number of carboxylic acid groups (broad SMARTS) is 1. The van der Waals surface area contributed by atoms with E-state index in [9.17, 15) is 14.7 Å². The standard InChI is InChI=1S/C22H22N2O3/c1-2-12-11-23-8-7-22-16-5-3-4-6-17(16)24-19(22)14(13(12)10-18(22)23)9-15(20(24)25)21(26)27/h3-6,9,12-13,18H,2,7-8,10-11H2,1H3,(H,26,27). The lowest BCUT2D eigenvalue weighted by Crippen LogP contribution is -2.54. The lowest BCUT2D eigenvalue weighted by molar-refractivity contribution is 0.0691. The zero-order chi connectivity index (χ0) is 18.5. The lowest BCUT2D eigenvalue weighted by atomic mass is 9.60. The van der Waals surface area contributed by atoms with Crippen LogP contribution in [0.4, 0.5) is 0 Å². The number of aromatic nitrogens is 1. The number of carboxylic acids is 1. The van der Waals surface area contributed by atoms with Crippen molar-refractivity contribution in [1.82, 2.24) is 9.47 Å². The van der Waals surface area contributed by atoms with Gasteiger partial charge in [0.1, 0.15) is 5.56 Å². The molecule has 4 atom stereocenters. The first-order chi connectivity index (χ1) is 13.1. The van der Waals surface area contributed by atoms with Gasteiger partial charge in [0, 0.05) is 18.3 Å². The number of aromatic carboxylic acids is 1. The van der Waals surface area contributed by atoms with Crippen molar-refractivity contribution in [3.63, 3.8) is 0 Å². The monoisotopic (exact) mass is 362 g/mol. The molecule has 2 saturated heterocycles. The highest BCUT2D eigenvalue weighted by Gasteiger charge is 2.62. The van der Waals surface area contributed by atoms with Gasteiger partial charge in [0.15, 0.2) is 0 Å². The van der Waals surface area contributed by atoms with Crippen molar-refractivity contribution in [3.8, 4) is 5.69 Å². The van der Waals surface area contributed by atoms with Crippen LogP contribution in [0.1, 0.15) is 59.3 Å². The van der Waals surface area contributed by atoms with Gasteiger partial charge in [-0.3, -0.25) is 14.3 Å². The molecule has 1 N–H and O–H groups in total. The molecule has 5 heteroatoms. The Kier molecular flexibility index (Phi) is 2.84. The van der Waals surface area contributed by atoms with E-state index in [-0.39, 0.29) is 16.5 Å². The lowest BCUT2D eigenvalue weighted by Gasteiger charge is -2.50. The van der Waals surface area contributed by atoms with Gasteiger partial charge < -0.3 is 5.11 Å². The molecule has 2 bridgehead atoms. The summed E-state index contributed by atoms with van der Waals surface area (Å²) in [4.78, 5) is 27.7. The van der Waals surface area contributed by atoms with Gasteiger partial charge in [-0.05, 0) is 54.5 Å². The maximum absolute atomic E-state index is 13.2. The third-order valence-electron chi connectivity index (χ3n) is 7.75. The molecule has 4 heterocycles. The third-order valence-corrected chi connectivity index (χ3v) is 7.75. The number of pyridine rings is 1. The van der Waals surface area contributed by atoms with E-state index in [1.165, 1.54) is 5.56 Å². The fraction of sp³-hybridized carbons (Fsp3) is 0.455. The molecule has 5 nitrogen and oxygen atoms in total. The molecule has 27 heavy (non-hydrogen) atoms. The molecule has 6 rings (SSSR count). The quantitative estimate of drug-likeness (QED) is 0.892. The highest BCUT2D eigenvalue weighted by molar-refractivity contribution is 5.88. The van der Waals surface area contributed by atoms with E-state index in [1.54, 1.807) is 10.6 Å². The Morgan fingerprint density at radius 2 is 2.15 bits per heavy atom. The highest BCUT2D eigenvalue weighted by Crippen LogP contribution is 2.61. The van der Waals surface area contributed by atoms with E-state index >= 15 is 0 Å². The largest absolute Gasteiger partial charge is 0.477 e. The number of hydrogen-bond donors (Lipinski definition) is 1. The molecule has 1 aromatic heterocycles. The van der Waals surface area contributed by atoms with Crippen LogP contribution in [0, 0.1) is 5.92 Å². The van der Waals surface area contributed by atoms with Crippen LogP contribution in [-0.4, -0.2) is 39.7 Å². The van der Waals surface area contributed by atoms with Crippen molar-refractivity contribution < 1.29 is 9.90 Å². The number of para-hydroxylation sites is 1. The van der Waals surface area contributed by atoms with Crippen LogP contribution in [0.2, 0.25) is 0 Å². The summed E-state index contributed by atoms with van der Waals surface area (Å²) in [5.74, 6) is -0.259. The first-order valence-electron chi connectivity index (χ1n) is 9.95. The maximum Gasteiger partial charge on any atom is 0.341 e. The summed E-state index contributed by atoms with van der Waals surface area (Å²) in [5.41, 5.74) is 3.70. The van der Waals surface area contributed by atoms with Crippen LogP contribution in [0.15, 0.2) is 35.1 Å². The first kappa shape index (κ1) is 15.6. The number of rotatable bonds is 2. The van der Waals surface area contributed by atoms with Crippen molar-refractivity contribution in [2.24, 2.45) is 5.92 Å². The number of hydrogen-bond acceptors (Lipinski definition) is 3. The van der Waals surface area contributed by atoms with Crippen molar-refractivity contribution in [2.75, 3.05) is 13.1 Å². The Morgan fingerprint density at radius 3 is 2.93 bits per heavy atom. The molecule has 1 aromatic carbocycles. The Balaban J connectivity index is 1.79. The second-order valence-electron chi connectivity index (χ2n) is 8.57. The van der Waals surface area contributed by atoms with Gasteiger partial charge in [-0.15, -0.1) is 0 Å². The zero-order valence-electron chi connectivity index (χ0n) is 15.3. The summed E-state index contributed by atoms with van der Waals surface area (Å²) in [6, 6.07) is 10.3. The van der Waals surface area contributed by atoms with Gasteiger partial charge in [0.2, 0.25) is 0 Å². The van der Waals surface area contributed by atoms with E-state index in [0.717, 1.165) is 49.3 Å². The summed E-state index contributed by atoms with van der Waals surface area (Å²) in [5, 5.41) is 9.70. The molecule has 3 aliphatic heterocycles. The molecule has 4 aliphatic rings. The Morgan fingerprint density at radius 1 is 1.33 bits per heavy atom. The van der Waals surface area contributed by atoms with Crippen LogP contribution < -0.4 is 5.56 Å². The molecule has 2 aromatic rings. The minimum Gasteiger partial charge on any atom is -0.477 e. The molecular formula is C22H22N2O3. The van der Waals surface area contributed by atoms with Crippen LogP contribution in [0.5, 0.6) is 0 Å². The third kappa shape index (κ3) is 1.61. The molecule has 0 saturated carbocycles. The molecular weight excluding hydrogens is 340 g/mol. The summed E-state index contributed by atoms with van der Waals surface area (Å²) >= 11 is 0. The van der Waals surface area contributed by atoms with Gasteiger partial charge in [0.05, 0.1) is 11.1 Å². The number of nitrogens with zero attached hydrogens (tertiary/aromatic N) is 2. The normalized spacial score (nSPS) is 32.3. The summed E-state index contributed by atoms with van der Waals surface area (Å²) in [7, 11) is 0. The fourth-order valence-electron chi connectivity index (χ4n) is 6.70. The van der Waals surface area contributed by atoms with E-state index in [0.29, 0.717) is 17.9 Å². The Labute approximate surface area is 157 Å². The minimum absolute atomic E-state index is 0.0886. The van der Waals surface area contributed by atoms with Crippen molar-refractivity contribution in [2.45, 2.75) is 43.6 Å². The SMILES string of the molecule is CCC1CN2CCC34c5ccccc5-n5c3c(cc(C(=O)O)c5=O)C1CC24. The average molecular weight is 362 g/mol. The average Bonchev–Trinajstić information content (AvgIpc) is 3.21. The van der Waals surface area contributed by atoms with Gasteiger partial charge >= 0.3 is 5.97 Å². The van der Waals surface area contributed by atoms with Gasteiger partial charge in [-0.2, -0.15) is 0 Å². The van der Waals surface area contributed by atoms with Gasteiger partial charge in [-0.25, -0.2) is 4.79 Å². The van der Waals surface area contributed by atoms with Crippen LogP contribution >= 0.6 is 0 Å². The van der Waals surface area contributed by atoms with E-state index in [4.69, 9.17) is 0 Å². The maximum atomic E-state index is 13.2. The predicted molar refractivity (Wildman–Crippen MR) is 101 cm³/mol. The summed E-state index contributed by atoms with van der Waals surface area (Å²) in [6.45, 7) is 4.36. The number of benzene rings is 1. The fourth-order valence-corrected chi connectivity index (χ4v) is 6.70. The number of fused-ring (bicyclic) bond motifs is 4. The minimum atomic E-state index is -1.12. The van der Waals surface area contributed by atoms with Crippen LogP contribution in [0.25, 0.3) is 5.69 Å². The van der Waals surface area contributed by atoms with Gasteiger partial charge in [-0.1, -0.05) is 31.5 Å². The molecule has 138 valence electrons. The predicted octanol–water partition coefficient (Wildman–Crippen LogP) is 2.74. The molecule has 1 spiro atoms. The van der Waals surface area contributed by atoms with Crippen LogP contribution in [0.3, 0.4) is 0 Å². The summed E-state index contributed by atoms with van der Waals surface area (Å²) in [6.07, 6.45) is 3.16. The molecule has 0 radical (unpaired) electrons. The molecule has 1 aliphatic carbocycles. The van der Waals surface area contributed by atoms with E-state index in [1.807, 2.05) is 12.1 Å². The second-order valence-corrected chi connectivity index (χ2v) is 8.57.